The number of aromatic nitrogens is 1. The summed E-state index contributed by atoms with van der Waals surface area (Å²) in [5.74, 6) is 0.613. The molecule has 1 saturated heterocycles. The van der Waals surface area contributed by atoms with Crippen LogP contribution in [0.4, 0.5) is 4.79 Å². The predicted octanol–water partition coefficient (Wildman–Crippen LogP) is 3.28. The zero-order chi connectivity index (χ0) is 19.1. The van der Waals surface area contributed by atoms with Crippen molar-refractivity contribution >= 4 is 6.03 Å². The van der Waals surface area contributed by atoms with E-state index in [1.54, 1.807) is 6.20 Å². The van der Waals surface area contributed by atoms with E-state index in [0.717, 1.165) is 31.6 Å². The maximum atomic E-state index is 12.6. The fourth-order valence-corrected chi connectivity index (χ4v) is 4.34. The molecule has 2 aliphatic rings. The summed E-state index contributed by atoms with van der Waals surface area (Å²) in [7, 11) is 4.03. The van der Waals surface area contributed by atoms with Crippen LogP contribution in [0.3, 0.4) is 0 Å². The van der Waals surface area contributed by atoms with Crippen molar-refractivity contribution in [3.8, 4) is 5.88 Å². The zero-order valence-electron chi connectivity index (χ0n) is 16.9. The molecule has 0 aromatic carbocycles. The van der Waals surface area contributed by atoms with Gasteiger partial charge in [0.05, 0.1) is 0 Å². The average molecular weight is 375 g/mol. The average Bonchev–Trinajstić information content (AvgIpc) is 3.00. The number of pyridine rings is 1. The summed E-state index contributed by atoms with van der Waals surface area (Å²) < 4.78 is 5.67. The van der Waals surface area contributed by atoms with Crippen molar-refractivity contribution in [2.75, 3.05) is 40.3 Å². The second-order valence-corrected chi connectivity index (χ2v) is 8.36. The Hall–Kier alpha value is -1.82. The minimum Gasteiger partial charge on any atom is -0.476 e. The summed E-state index contributed by atoms with van der Waals surface area (Å²) in [5, 5.41) is 3.07. The van der Waals surface area contributed by atoms with Gasteiger partial charge in [-0.05, 0) is 63.2 Å². The third-order valence-corrected chi connectivity index (χ3v) is 6.03. The van der Waals surface area contributed by atoms with E-state index in [1.807, 2.05) is 31.1 Å². The molecule has 150 valence electrons. The molecular formula is C21H34N4O2. The predicted molar refractivity (Wildman–Crippen MR) is 107 cm³/mol. The Morgan fingerprint density at radius 1 is 1.22 bits per heavy atom. The van der Waals surface area contributed by atoms with Gasteiger partial charge in [-0.25, -0.2) is 9.78 Å². The second kappa shape index (κ2) is 9.40. The Bertz CT molecular complexity index is 614. The number of likely N-dealkylation sites (tertiary alicyclic amines) is 1. The van der Waals surface area contributed by atoms with Crippen molar-refractivity contribution in [2.45, 2.75) is 51.5 Å². The summed E-state index contributed by atoms with van der Waals surface area (Å²) in [4.78, 5) is 20.9. The first-order valence-corrected chi connectivity index (χ1v) is 10.3. The number of nitrogens with one attached hydrogen (secondary N) is 1. The summed E-state index contributed by atoms with van der Waals surface area (Å²) in [5.41, 5.74) is 1.54. The lowest BCUT2D eigenvalue weighted by atomic mass is 9.79. The van der Waals surface area contributed by atoms with Crippen LogP contribution in [0.5, 0.6) is 5.88 Å². The summed E-state index contributed by atoms with van der Waals surface area (Å²) in [6.45, 7) is 3.72. The first-order valence-electron chi connectivity index (χ1n) is 10.3. The van der Waals surface area contributed by atoms with Gasteiger partial charge in [0, 0.05) is 38.4 Å². The number of urea groups is 1. The van der Waals surface area contributed by atoms with Gasteiger partial charge in [0.1, 0.15) is 6.61 Å². The number of hydrogen-bond acceptors (Lipinski definition) is 4. The number of rotatable bonds is 6. The number of amides is 2. The van der Waals surface area contributed by atoms with Crippen molar-refractivity contribution in [3.63, 3.8) is 0 Å². The minimum atomic E-state index is 0.0527. The Morgan fingerprint density at radius 3 is 2.78 bits per heavy atom. The molecule has 1 aliphatic carbocycles. The fourth-order valence-electron chi connectivity index (χ4n) is 4.34. The standard InChI is InChI=1S/C21H34N4O2/c1-24(2)14-15-27-19-16-18(6-11-22-19)17-23-20(26)25-12-5-9-21(10-13-25)7-3-4-8-21/h6,11,16H,3-5,7-10,12-15,17H2,1-2H3,(H,23,26). The molecule has 1 N–H and O–H groups in total. The van der Waals surface area contributed by atoms with Crippen LogP contribution in [0, 0.1) is 5.41 Å². The highest BCUT2D eigenvalue weighted by Gasteiger charge is 2.35. The van der Waals surface area contributed by atoms with Crippen molar-refractivity contribution < 1.29 is 9.53 Å². The smallest absolute Gasteiger partial charge is 0.317 e. The molecule has 1 aliphatic heterocycles. The van der Waals surface area contributed by atoms with Gasteiger partial charge in [0.2, 0.25) is 5.88 Å². The van der Waals surface area contributed by atoms with Gasteiger partial charge in [0.15, 0.2) is 0 Å². The highest BCUT2D eigenvalue weighted by Crippen LogP contribution is 2.46. The van der Waals surface area contributed by atoms with Crippen molar-refractivity contribution in [3.05, 3.63) is 23.9 Å². The maximum absolute atomic E-state index is 12.6. The van der Waals surface area contributed by atoms with Crippen LogP contribution < -0.4 is 10.1 Å². The largest absolute Gasteiger partial charge is 0.476 e. The van der Waals surface area contributed by atoms with Crippen molar-refractivity contribution in [2.24, 2.45) is 5.41 Å². The third kappa shape index (κ3) is 5.83. The van der Waals surface area contributed by atoms with E-state index < -0.39 is 0 Å². The lowest BCUT2D eigenvalue weighted by Gasteiger charge is -2.27. The van der Waals surface area contributed by atoms with E-state index in [9.17, 15) is 4.79 Å². The van der Waals surface area contributed by atoms with E-state index in [2.05, 4.69) is 15.2 Å². The number of carbonyl (C=O) groups excluding carboxylic acids is 1. The summed E-state index contributed by atoms with van der Waals surface area (Å²) in [6.07, 6.45) is 10.8. The first kappa shape index (κ1) is 19.9. The van der Waals surface area contributed by atoms with Gasteiger partial charge in [-0.1, -0.05) is 12.8 Å². The maximum Gasteiger partial charge on any atom is 0.317 e. The molecule has 6 nitrogen and oxygen atoms in total. The molecule has 0 radical (unpaired) electrons. The molecular weight excluding hydrogens is 340 g/mol. The van der Waals surface area contributed by atoms with Gasteiger partial charge >= 0.3 is 6.03 Å². The summed E-state index contributed by atoms with van der Waals surface area (Å²) >= 11 is 0. The van der Waals surface area contributed by atoms with Crippen molar-refractivity contribution in [1.82, 2.24) is 20.1 Å². The topological polar surface area (TPSA) is 57.7 Å². The van der Waals surface area contributed by atoms with Gasteiger partial charge in [-0.3, -0.25) is 0 Å². The molecule has 0 atom stereocenters. The normalized spacial score (nSPS) is 19.3. The molecule has 3 rings (SSSR count). The van der Waals surface area contributed by atoms with Crippen LogP contribution in [-0.4, -0.2) is 61.2 Å². The van der Waals surface area contributed by atoms with Gasteiger partial charge in [0.25, 0.3) is 0 Å². The number of carbonyl (C=O) groups is 1. The second-order valence-electron chi connectivity index (χ2n) is 8.36. The Labute approximate surface area is 163 Å². The van der Waals surface area contributed by atoms with Crippen LogP contribution in [0.1, 0.15) is 50.5 Å². The Kier molecular flexibility index (Phi) is 6.94. The molecule has 2 fully saturated rings. The van der Waals surface area contributed by atoms with E-state index in [1.165, 1.54) is 38.5 Å². The number of likely N-dealkylation sites (N-methyl/N-ethyl adjacent to an activating group) is 1. The van der Waals surface area contributed by atoms with E-state index in [-0.39, 0.29) is 6.03 Å². The zero-order valence-corrected chi connectivity index (χ0v) is 16.9. The van der Waals surface area contributed by atoms with E-state index in [4.69, 9.17) is 4.74 Å². The fraction of sp³-hybridized carbons (Fsp3) is 0.714. The molecule has 1 spiro atoms. The van der Waals surface area contributed by atoms with E-state index >= 15 is 0 Å². The molecule has 1 saturated carbocycles. The molecule has 0 unspecified atom stereocenters. The first-order chi connectivity index (χ1) is 13.1. The van der Waals surface area contributed by atoms with Crippen molar-refractivity contribution in [1.29, 1.82) is 0 Å². The Morgan fingerprint density at radius 2 is 2.00 bits per heavy atom. The number of hydrogen-bond donors (Lipinski definition) is 1. The number of nitrogens with zero attached hydrogens (tertiary/aromatic N) is 3. The van der Waals surface area contributed by atoms with E-state index in [0.29, 0.717) is 24.4 Å². The third-order valence-electron chi connectivity index (χ3n) is 6.03. The molecule has 1 aromatic rings. The molecule has 2 heterocycles. The van der Waals surface area contributed by atoms with Crippen LogP contribution >= 0.6 is 0 Å². The summed E-state index contributed by atoms with van der Waals surface area (Å²) in [6, 6.07) is 3.89. The lowest BCUT2D eigenvalue weighted by molar-refractivity contribution is 0.194. The molecule has 1 aromatic heterocycles. The monoisotopic (exact) mass is 374 g/mol. The highest BCUT2D eigenvalue weighted by atomic mass is 16.5. The van der Waals surface area contributed by atoms with Crippen LogP contribution in [0.15, 0.2) is 18.3 Å². The Balaban J connectivity index is 1.46. The SMILES string of the molecule is CN(C)CCOc1cc(CNC(=O)N2CCCC3(CCCC3)CC2)ccn1. The van der Waals surface area contributed by atoms with Gasteiger partial charge in [-0.15, -0.1) is 0 Å². The molecule has 27 heavy (non-hydrogen) atoms. The highest BCUT2D eigenvalue weighted by molar-refractivity contribution is 5.74. The van der Waals surface area contributed by atoms with Crippen LogP contribution in [0.2, 0.25) is 0 Å². The molecule has 2 amide bonds. The minimum absolute atomic E-state index is 0.0527. The van der Waals surface area contributed by atoms with Crippen LogP contribution in [-0.2, 0) is 6.54 Å². The quantitative estimate of drug-likeness (QED) is 0.830. The van der Waals surface area contributed by atoms with Gasteiger partial charge in [-0.2, -0.15) is 0 Å². The molecule has 6 heteroatoms. The van der Waals surface area contributed by atoms with Crippen LogP contribution in [0.25, 0.3) is 0 Å². The van der Waals surface area contributed by atoms with Gasteiger partial charge < -0.3 is 19.9 Å². The lowest BCUT2D eigenvalue weighted by Crippen LogP contribution is -2.40. The number of ether oxygens (including phenoxy) is 1. The molecule has 0 bridgehead atoms.